The summed E-state index contributed by atoms with van der Waals surface area (Å²) in [4.78, 5) is 15.7. The van der Waals surface area contributed by atoms with Crippen LogP contribution >= 0.6 is 11.3 Å². The van der Waals surface area contributed by atoms with Gasteiger partial charge in [0.05, 0.1) is 11.5 Å². The maximum absolute atomic E-state index is 11.2. The molecule has 0 saturated heterocycles. The third kappa shape index (κ3) is 4.42. The molecule has 111 valence electrons. The topological polar surface area (TPSA) is 47.8 Å². The van der Waals surface area contributed by atoms with E-state index < -0.39 is 0 Å². The number of Topliss-reactive ketones (excluding diaryl/α,β-unsaturated/α-hetero) is 1. The van der Waals surface area contributed by atoms with Gasteiger partial charge in [0.25, 0.3) is 0 Å². The molecular formula is C16H16N3OSY-. The van der Waals surface area contributed by atoms with Gasteiger partial charge < -0.3 is 9.48 Å². The van der Waals surface area contributed by atoms with Gasteiger partial charge in [0.1, 0.15) is 5.13 Å². The van der Waals surface area contributed by atoms with E-state index in [1.807, 2.05) is 49.6 Å². The van der Waals surface area contributed by atoms with Crippen LogP contribution in [0.2, 0.25) is 0 Å². The van der Waals surface area contributed by atoms with E-state index in [9.17, 15) is 4.79 Å². The fourth-order valence-electron chi connectivity index (χ4n) is 1.66. The second-order valence-electron chi connectivity index (χ2n) is 4.02. The molecule has 0 spiro atoms. The van der Waals surface area contributed by atoms with Gasteiger partial charge in [-0.15, -0.1) is 0 Å². The predicted molar refractivity (Wildman–Crippen MR) is 84.9 cm³/mol. The summed E-state index contributed by atoms with van der Waals surface area (Å²) in [7, 11) is 0. The zero-order valence-electron chi connectivity index (χ0n) is 12.8. The van der Waals surface area contributed by atoms with Crippen molar-refractivity contribution >= 4 is 17.1 Å². The summed E-state index contributed by atoms with van der Waals surface area (Å²) in [5.41, 5.74) is 2.43. The number of carbonyl (C=O) groups excluding carboxylic acids is 1. The molecule has 0 aliphatic rings. The van der Waals surface area contributed by atoms with Crippen LogP contribution in [-0.2, 0) is 32.7 Å². The van der Waals surface area contributed by atoms with Crippen molar-refractivity contribution in [1.29, 1.82) is 0 Å². The summed E-state index contributed by atoms with van der Waals surface area (Å²) in [6.45, 7) is 5.50. The van der Waals surface area contributed by atoms with Crippen molar-refractivity contribution in [1.82, 2.24) is 14.8 Å². The van der Waals surface area contributed by atoms with Gasteiger partial charge in [0, 0.05) is 43.7 Å². The molecule has 0 saturated carbocycles. The molecule has 1 aromatic carbocycles. The van der Waals surface area contributed by atoms with Crippen LogP contribution in [0.4, 0.5) is 0 Å². The average molecular weight is 387 g/mol. The quantitative estimate of drug-likeness (QED) is 0.504. The molecular weight excluding hydrogens is 371 g/mol. The Labute approximate surface area is 159 Å². The standard InChI is InChI=1S/C14H10N3OS.C2H6.Y/c1-10(18)12-7-15-17(8-12)14-16-13(9-19-14)11-5-3-2-4-6-11;1-2;/h2-7,9H,1H3;1-2H3;/q-1;;. The van der Waals surface area contributed by atoms with Crippen LogP contribution in [0.1, 0.15) is 31.1 Å². The number of hydrogen-bond donors (Lipinski definition) is 0. The van der Waals surface area contributed by atoms with Gasteiger partial charge in [0.15, 0.2) is 0 Å². The average Bonchev–Trinajstić information content (AvgIpc) is 3.19. The third-order valence-electron chi connectivity index (χ3n) is 2.65. The summed E-state index contributed by atoms with van der Waals surface area (Å²) in [5, 5.41) is 6.77. The summed E-state index contributed by atoms with van der Waals surface area (Å²) in [6, 6.07) is 9.93. The summed E-state index contributed by atoms with van der Waals surface area (Å²) < 4.78 is 1.51. The van der Waals surface area contributed by atoms with E-state index in [-0.39, 0.29) is 38.5 Å². The van der Waals surface area contributed by atoms with E-state index in [0.29, 0.717) is 10.7 Å². The molecule has 3 rings (SSSR count). The van der Waals surface area contributed by atoms with Gasteiger partial charge in [-0.25, -0.2) is 5.10 Å². The first kappa shape index (κ1) is 18.9. The first-order chi connectivity index (χ1) is 10.2. The predicted octanol–water partition coefficient (Wildman–Crippen LogP) is 4.02. The van der Waals surface area contributed by atoms with Gasteiger partial charge in [-0.1, -0.05) is 49.7 Å². The van der Waals surface area contributed by atoms with E-state index in [4.69, 9.17) is 0 Å². The Bertz CT molecular complexity index is 722. The molecule has 0 N–H and O–H groups in total. The normalized spacial score (nSPS) is 9.41. The fraction of sp³-hybridized carbons (Fsp3) is 0.188. The second kappa shape index (κ2) is 9.08. The molecule has 2 heterocycles. The number of rotatable bonds is 3. The van der Waals surface area contributed by atoms with E-state index in [1.165, 1.54) is 29.1 Å². The molecule has 22 heavy (non-hydrogen) atoms. The molecule has 0 fully saturated rings. The van der Waals surface area contributed by atoms with Crippen LogP contribution in [0.5, 0.6) is 0 Å². The molecule has 0 atom stereocenters. The molecule has 4 nitrogen and oxygen atoms in total. The Morgan fingerprint density at radius 3 is 2.50 bits per heavy atom. The molecule has 0 bridgehead atoms. The van der Waals surface area contributed by atoms with Crippen molar-refractivity contribution in [2.75, 3.05) is 0 Å². The Balaban J connectivity index is 0.000000775. The summed E-state index contributed by atoms with van der Waals surface area (Å²) in [5.74, 6) is -0.0499. The smallest absolute Gasteiger partial charge is 0.135 e. The van der Waals surface area contributed by atoms with Gasteiger partial charge in [-0.2, -0.15) is 11.3 Å². The first-order valence-electron chi connectivity index (χ1n) is 6.73. The van der Waals surface area contributed by atoms with Crippen molar-refractivity contribution in [3.8, 4) is 16.4 Å². The molecule has 3 aromatic rings. The molecule has 0 aliphatic carbocycles. The number of ketones is 1. The second-order valence-corrected chi connectivity index (χ2v) is 4.86. The van der Waals surface area contributed by atoms with Crippen LogP contribution in [0.15, 0.2) is 41.9 Å². The van der Waals surface area contributed by atoms with E-state index >= 15 is 0 Å². The van der Waals surface area contributed by atoms with Crippen LogP contribution in [0, 0.1) is 6.20 Å². The molecule has 1 radical (unpaired) electrons. The first-order valence-corrected chi connectivity index (χ1v) is 7.61. The van der Waals surface area contributed by atoms with E-state index in [1.54, 1.807) is 0 Å². The van der Waals surface area contributed by atoms with Crippen molar-refractivity contribution in [2.24, 2.45) is 0 Å². The fourth-order valence-corrected chi connectivity index (χ4v) is 2.41. The number of nitrogens with zero attached hydrogens (tertiary/aromatic N) is 3. The SMILES string of the molecule is CC.CC(=O)c1[c-]n(-c2nc(-c3ccccc3)cs2)nc1.[Y]. The number of aromatic nitrogens is 3. The van der Waals surface area contributed by atoms with Crippen molar-refractivity contribution < 1.29 is 37.5 Å². The number of hydrogen-bond acceptors (Lipinski definition) is 4. The Hall–Kier alpha value is -1.17. The van der Waals surface area contributed by atoms with E-state index in [0.717, 1.165) is 11.3 Å². The Kier molecular flexibility index (Phi) is 7.79. The van der Waals surface area contributed by atoms with Crippen molar-refractivity contribution in [3.63, 3.8) is 0 Å². The zero-order valence-corrected chi connectivity index (χ0v) is 16.4. The maximum atomic E-state index is 11.2. The van der Waals surface area contributed by atoms with Gasteiger partial charge in [-0.05, 0) is 19.3 Å². The minimum atomic E-state index is -0.0499. The van der Waals surface area contributed by atoms with E-state index in [2.05, 4.69) is 16.3 Å². The zero-order chi connectivity index (χ0) is 15.2. The Morgan fingerprint density at radius 1 is 1.23 bits per heavy atom. The minimum Gasteiger partial charge on any atom is -0.352 e. The van der Waals surface area contributed by atoms with Gasteiger partial charge >= 0.3 is 0 Å². The molecule has 0 amide bonds. The number of benzene rings is 1. The molecule has 2 aromatic heterocycles. The number of carbonyl (C=O) groups is 1. The van der Waals surface area contributed by atoms with Gasteiger partial charge in [-0.3, -0.25) is 4.98 Å². The molecule has 6 heteroatoms. The van der Waals surface area contributed by atoms with Crippen LogP contribution in [-0.4, -0.2) is 20.5 Å². The van der Waals surface area contributed by atoms with Crippen molar-refractivity contribution in [3.05, 3.63) is 53.7 Å². The Morgan fingerprint density at radius 2 is 1.91 bits per heavy atom. The largest absolute Gasteiger partial charge is 0.352 e. The summed E-state index contributed by atoms with van der Waals surface area (Å²) in [6.07, 6.45) is 4.40. The molecule has 0 unspecified atom stereocenters. The summed E-state index contributed by atoms with van der Waals surface area (Å²) >= 11 is 1.47. The van der Waals surface area contributed by atoms with Gasteiger partial charge in [0.2, 0.25) is 0 Å². The van der Waals surface area contributed by atoms with Crippen LogP contribution < -0.4 is 0 Å². The number of thiazole rings is 1. The minimum absolute atomic E-state index is 0. The third-order valence-corrected chi connectivity index (χ3v) is 3.47. The molecule has 0 aliphatic heterocycles. The van der Waals surface area contributed by atoms with Crippen molar-refractivity contribution in [2.45, 2.75) is 20.8 Å². The van der Waals surface area contributed by atoms with Crippen LogP contribution in [0.25, 0.3) is 16.4 Å². The monoisotopic (exact) mass is 387 g/mol. The maximum Gasteiger partial charge on any atom is 0.135 e. The van der Waals surface area contributed by atoms with Crippen LogP contribution in [0.3, 0.4) is 0 Å².